The third-order valence-electron chi connectivity index (χ3n) is 2.67. The van der Waals surface area contributed by atoms with E-state index in [1.807, 2.05) is 0 Å². The first-order valence-electron chi connectivity index (χ1n) is 4.88. The van der Waals surface area contributed by atoms with Gasteiger partial charge in [-0.05, 0) is 19.3 Å². The Bertz CT molecular complexity index is 366. The number of carbonyl (C=O) groups is 1. The van der Waals surface area contributed by atoms with Crippen LogP contribution in [0.25, 0.3) is 0 Å². The van der Waals surface area contributed by atoms with Crippen LogP contribution in [-0.2, 0) is 12.8 Å². The number of nitrogens with zero attached hydrogens (tertiary/aromatic N) is 2. The highest BCUT2D eigenvalue weighted by molar-refractivity contribution is 7.16. The van der Waals surface area contributed by atoms with Crippen molar-refractivity contribution in [3.8, 4) is 0 Å². The quantitative estimate of drug-likeness (QED) is 0.754. The molecule has 0 unspecified atom stereocenters. The summed E-state index contributed by atoms with van der Waals surface area (Å²) in [4.78, 5) is 19.0. The second-order valence-electron chi connectivity index (χ2n) is 3.60. The van der Waals surface area contributed by atoms with E-state index in [1.165, 1.54) is 17.0 Å². The SMILES string of the molecule is O=C1NCCN1c1nc2c(s1)CCC2. The van der Waals surface area contributed by atoms with Gasteiger partial charge in [0.05, 0.1) is 5.69 Å². The Morgan fingerprint density at radius 3 is 3.07 bits per heavy atom. The second-order valence-corrected chi connectivity index (χ2v) is 4.67. The van der Waals surface area contributed by atoms with Crippen LogP contribution in [0.3, 0.4) is 0 Å². The van der Waals surface area contributed by atoms with Gasteiger partial charge >= 0.3 is 6.03 Å². The van der Waals surface area contributed by atoms with Crippen LogP contribution in [0, 0.1) is 0 Å². The topological polar surface area (TPSA) is 45.2 Å². The van der Waals surface area contributed by atoms with Crippen molar-refractivity contribution in [2.24, 2.45) is 0 Å². The first kappa shape index (κ1) is 8.23. The fourth-order valence-electron chi connectivity index (χ4n) is 1.95. The van der Waals surface area contributed by atoms with Gasteiger partial charge in [-0.15, -0.1) is 11.3 Å². The van der Waals surface area contributed by atoms with Crippen molar-refractivity contribution < 1.29 is 4.79 Å². The zero-order chi connectivity index (χ0) is 9.54. The maximum absolute atomic E-state index is 11.4. The molecule has 1 aliphatic heterocycles. The minimum absolute atomic E-state index is 0.00239. The molecule has 2 heterocycles. The highest BCUT2D eigenvalue weighted by atomic mass is 32.1. The van der Waals surface area contributed by atoms with Crippen molar-refractivity contribution >= 4 is 22.5 Å². The van der Waals surface area contributed by atoms with E-state index in [0.717, 1.165) is 31.1 Å². The van der Waals surface area contributed by atoms with Gasteiger partial charge in [0, 0.05) is 18.0 Å². The Morgan fingerprint density at radius 2 is 2.36 bits per heavy atom. The number of nitrogens with one attached hydrogen (secondary N) is 1. The molecule has 0 spiro atoms. The summed E-state index contributed by atoms with van der Waals surface area (Å²) >= 11 is 1.68. The zero-order valence-corrected chi connectivity index (χ0v) is 8.56. The van der Waals surface area contributed by atoms with E-state index in [1.54, 1.807) is 16.2 Å². The second kappa shape index (κ2) is 2.95. The average Bonchev–Trinajstić information content (AvgIpc) is 2.75. The van der Waals surface area contributed by atoms with E-state index in [2.05, 4.69) is 10.3 Å². The number of aromatic nitrogens is 1. The number of fused-ring (bicyclic) bond motifs is 1. The predicted octanol–water partition coefficient (Wildman–Crippen LogP) is 1.16. The van der Waals surface area contributed by atoms with Gasteiger partial charge in [0.2, 0.25) is 0 Å². The van der Waals surface area contributed by atoms with Gasteiger partial charge in [-0.3, -0.25) is 4.90 Å². The number of hydrogen-bond acceptors (Lipinski definition) is 3. The van der Waals surface area contributed by atoms with E-state index >= 15 is 0 Å². The molecule has 1 aromatic rings. The van der Waals surface area contributed by atoms with E-state index in [9.17, 15) is 4.79 Å². The first-order valence-corrected chi connectivity index (χ1v) is 5.70. The minimum atomic E-state index is -0.00239. The summed E-state index contributed by atoms with van der Waals surface area (Å²) in [6.45, 7) is 1.49. The van der Waals surface area contributed by atoms with Crippen LogP contribution in [-0.4, -0.2) is 24.1 Å². The van der Waals surface area contributed by atoms with Gasteiger partial charge < -0.3 is 5.32 Å². The molecule has 1 aromatic heterocycles. The van der Waals surface area contributed by atoms with Crippen molar-refractivity contribution in [1.82, 2.24) is 10.3 Å². The highest BCUT2D eigenvalue weighted by Gasteiger charge is 2.26. The summed E-state index contributed by atoms with van der Waals surface area (Å²) in [6, 6.07) is -0.00239. The van der Waals surface area contributed by atoms with Crippen LogP contribution in [0.1, 0.15) is 17.0 Å². The standard InChI is InChI=1S/C9H11N3OS/c13-8-10-4-5-12(8)9-11-6-2-1-3-7(6)14-9/h1-5H2,(H,10,13). The number of aryl methyl sites for hydroxylation is 2. The van der Waals surface area contributed by atoms with Crippen LogP contribution < -0.4 is 10.2 Å². The Kier molecular flexibility index (Phi) is 1.73. The molecule has 1 N–H and O–H groups in total. The lowest BCUT2D eigenvalue weighted by atomic mass is 10.4. The molecule has 2 amide bonds. The lowest BCUT2D eigenvalue weighted by Gasteiger charge is -2.08. The van der Waals surface area contributed by atoms with Crippen LogP contribution in [0.4, 0.5) is 9.93 Å². The lowest BCUT2D eigenvalue weighted by Crippen LogP contribution is -2.27. The van der Waals surface area contributed by atoms with E-state index < -0.39 is 0 Å². The zero-order valence-electron chi connectivity index (χ0n) is 7.75. The van der Waals surface area contributed by atoms with E-state index in [4.69, 9.17) is 0 Å². The number of anilines is 1. The van der Waals surface area contributed by atoms with Crippen LogP contribution >= 0.6 is 11.3 Å². The largest absolute Gasteiger partial charge is 0.336 e. The van der Waals surface area contributed by atoms with Gasteiger partial charge in [0.25, 0.3) is 0 Å². The monoisotopic (exact) mass is 209 g/mol. The van der Waals surface area contributed by atoms with Gasteiger partial charge in [-0.2, -0.15) is 0 Å². The summed E-state index contributed by atoms with van der Waals surface area (Å²) in [6.07, 6.45) is 3.45. The average molecular weight is 209 g/mol. The molecule has 0 bridgehead atoms. The molecule has 4 nitrogen and oxygen atoms in total. The maximum Gasteiger partial charge on any atom is 0.323 e. The van der Waals surface area contributed by atoms with Crippen molar-refractivity contribution in [1.29, 1.82) is 0 Å². The molecule has 2 aliphatic rings. The van der Waals surface area contributed by atoms with Gasteiger partial charge in [-0.1, -0.05) is 0 Å². The number of urea groups is 1. The summed E-state index contributed by atoms with van der Waals surface area (Å²) in [7, 11) is 0. The molecular formula is C9H11N3OS. The van der Waals surface area contributed by atoms with E-state index in [-0.39, 0.29) is 6.03 Å². The molecule has 0 atom stereocenters. The number of rotatable bonds is 1. The number of thiazole rings is 1. The van der Waals surface area contributed by atoms with Crippen LogP contribution in [0.5, 0.6) is 0 Å². The predicted molar refractivity (Wildman–Crippen MR) is 54.9 cm³/mol. The Labute approximate surface area is 85.9 Å². The van der Waals surface area contributed by atoms with Gasteiger partial charge in [-0.25, -0.2) is 9.78 Å². The van der Waals surface area contributed by atoms with Gasteiger partial charge in [0.1, 0.15) is 0 Å². The highest BCUT2D eigenvalue weighted by Crippen LogP contribution is 2.32. The van der Waals surface area contributed by atoms with Gasteiger partial charge in [0.15, 0.2) is 5.13 Å². The summed E-state index contributed by atoms with van der Waals surface area (Å²) < 4.78 is 0. The van der Waals surface area contributed by atoms with Crippen molar-refractivity contribution in [2.45, 2.75) is 19.3 Å². The molecule has 1 saturated heterocycles. The van der Waals surface area contributed by atoms with Crippen molar-refractivity contribution in [3.05, 3.63) is 10.6 Å². The summed E-state index contributed by atoms with van der Waals surface area (Å²) in [5.41, 5.74) is 1.21. The smallest absolute Gasteiger partial charge is 0.323 e. The molecule has 74 valence electrons. The molecule has 3 rings (SSSR count). The Balaban J connectivity index is 1.93. The van der Waals surface area contributed by atoms with E-state index in [0.29, 0.717) is 0 Å². The van der Waals surface area contributed by atoms with Crippen molar-refractivity contribution in [2.75, 3.05) is 18.0 Å². The van der Waals surface area contributed by atoms with Crippen LogP contribution in [0.2, 0.25) is 0 Å². The van der Waals surface area contributed by atoms with Crippen molar-refractivity contribution in [3.63, 3.8) is 0 Å². The Hall–Kier alpha value is -1.10. The molecular weight excluding hydrogens is 198 g/mol. The lowest BCUT2D eigenvalue weighted by molar-refractivity contribution is 0.252. The van der Waals surface area contributed by atoms with Crippen LogP contribution in [0.15, 0.2) is 0 Å². The summed E-state index contributed by atoms with van der Waals surface area (Å²) in [5, 5.41) is 3.67. The molecule has 5 heteroatoms. The Morgan fingerprint density at radius 1 is 1.43 bits per heavy atom. The fourth-order valence-corrected chi connectivity index (χ4v) is 3.12. The molecule has 1 aliphatic carbocycles. The third kappa shape index (κ3) is 1.12. The molecule has 14 heavy (non-hydrogen) atoms. The first-order chi connectivity index (χ1) is 6.84. The normalized spacial score (nSPS) is 20.0. The number of amides is 2. The molecule has 0 saturated carbocycles. The third-order valence-corrected chi connectivity index (χ3v) is 3.85. The molecule has 0 aromatic carbocycles. The molecule has 1 fully saturated rings. The molecule has 0 radical (unpaired) electrons. The number of carbonyl (C=O) groups excluding carboxylic acids is 1. The minimum Gasteiger partial charge on any atom is -0.336 e. The number of hydrogen-bond donors (Lipinski definition) is 1. The summed E-state index contributed by atoms with van der Waals surface area (Å²) in [5.74, 6) is 0. The fraction of sp³-hybridized carbons (Fsp3) is 0.556. The maximum atomic E-state index is 11.4.